The molecule has 2 aromatic carbocycles. The zero-order valence-corrected chi connectivity index (χ0v) is 12.6. The van der Waals surface area contributed by atoms with Crippen LogP contribution in [-0.2, 0) is 10.1 Å². The van der Waals surface area contributed by atoms with Crippen LogP contribution in [0.4, 0.5) is 11.4 Å². The van der Waals surface area contributed by atoms with Gasteiger partial charge < -0.3 is 4.42 Å². The zero-order valence-electron chi connectivity index (χ0n) is 11.8. The minimum Gasteiger partial charge on any atom is -0.464 e. The Kier molecular flexibility index (Phi) is 4.05. The molecule has 1 N–H and O–H groups in total. The maximum absolute atomic E-state index is 10.9. The summed E-state index contributed by atoms with van der Waals surface area (Å²) in [5, 5.41) is 8.09. The van der Waals surface area contributed by atoms with Gasteiger partial charge in [0.05, 0.1) is 22.5 Å². The standard InChI is InChI=1S/C16H12N2O4S/c19-23(20,21)15-9-7-14(8-10-15)18-17-13-5-3-12(4-6-13)16-2-1-11-22-16/h1-11H,(H,19,20,21). The second-order valence-electron chi connectivity index (χ2n) is 4.69. The van der Waals surface area contributed by atoms with E-state index >= 15 is 0 Å². The van der Waals surface area contributed by atoms with E-state index in [1.165, 1.54) is 24.3 Å². The first-order valence-corrected chi connectivity index (χ1v) is 8.10. The van der Waals surface area contributed by atoms with Crippen molar-refractivity contribution in [3.05, 3.63) is 66.9 Å². The number of rotatable bonds is 4. The van der Waals surface area contributed by atoms with E-state index < -0.39 is 10.1 Å². The summed E-state index contributed by atoms with van der Waals surface area (Å²) in [6, 6.07) is 16.5. The van der Waals surface area contributed by atoms with E-state index in [1.807, 2.05) is 24.3 Å². The van der Waals surface area contributed by atoms with E-state index in [4.69, 9.17) is 8.97 Å². The molecular weight excluding hydrogens is 316 g/mol. The highest BCUT2D eigenvalue weighted by molar-refractivity contribution is 7.85. The van der Waals surface area contributed by atoms with Crippen LogP contribution in [0.5, 0.6) is 0 Å². The summed E-state index contributed by atoms with van der Waals surface area (Å²) in [7, 11) is -4.19. The fourth-order valence-corrected chi connectivity index (χ4v) is 2.42. The quantitative estimate of drug-likeness (QED) is 0.559. The molecule has 1 aromatic heterocycles. The van der Waals surface area contributed by atoms with Gasteiger partial charge in [0, 0.05) is 5.56 Å². The van der Waals surface area contributed by atoms with Crippen molar-refractivity contribution in [1.29, 1.82) is 0 Å². The third-order valence-electron chi connectivity index (χ3n) is 3.09. The van der Waals surface area contributed by atoms with E-state index in [2.05, 4.69) is 10.2 Å². The molecule has 0 aliphatic rings. The van der Waals surface area contributed by atoms with Crippen molar-refractivity contribution in [2.75, 3.05) is 0 Å². The molecule has 0 amide bonds. The molecule has 0 saturated carbocycles. The Morgan fingerprint density at radius 3 is 1.87 bits per heavy atom. The molecule has 7 heteroatoms. The molecule has 23 heavy (non-hydrogen) atoms. The normalized spacial score (nSPS) is 11.9. The molecule has 0 aliphatic heterocycles. The van der Waals surface area contributed by atoms with Crippen LogP contribution in [0, 0.1) is 0 Å². The summed E-state index contributed by atoms with van der Waals surface area (Å²) in [4.78, 5) is -0.181. The topological polar surface area (TPSA) is 92.2 Å². The third kappa shape index (κ3) is 3.71. The number of furan rings is 1. The Balaban J connectivity index is 1.75. The number of hydrogen-bond acceptors (Lipinski definition) is 5. The Hall–Kier alpha value is -2.77. The summed E-state index contributed by atoms with van der Waals surface area (Å²) < 4.78 is 36.1. The average Bonchev–Trinajstić information content (AvgIpc) is 3.07. The number of benzene rings is 2. The Bertz CT molecular complexity index is 913. The van der Waals surface area contributed by atoms with Gasteiger partial charge in [-0.1, -0.05) is 0 Å². The highest BCUT2D eigenvalue weighted by Crippen LogP contribution is 2.24. The fourth-order valence-electron chi connectivity index (χ4n) is 1.94. The van der Waals surface area contributed by atoms with Gasteiger partial charge in [0.15, 0.2) is 0 Å². The summed E-state index contributed by atoms with van der Waals surface area (Å²) in [5.74, 6) is 0.772. The largest absolute Gasteiger partial charge is 0.464 e. The SMILES string of the molecule is O=S(=O)(O)c1ccc(N=Nc2ccc(-c3ccco3)cc2)cc1. The lowest BCUT2D eigenvalue weighted by Gasteiger charge is -1.98. The van der Waals surface area contributed by atoms with Crippen LogP contribution in [0.2, 0.25) is 0 Å². The minimum absolute atomic E-state index is 0.181. The molecular formula is C16H12N2O4S. The molecule has 3 aromatic rings. The van der Waals surface area contributed by atoms with E-state index in [-0.39, 0.29) is 4.90 Å². The van der Waals surface area contributed by atoms with E-state index in [0.717, 1.165) is 11.3 Å². The zero-order chi connectivity index (χ0) is 16.3. The van der Waals surface area contributed by atoms with Crippen LogP contribution in [0.1, 0.15) is 0 Å². The molecule has 0 bridgehead atoms. The van der Waals surface area contributed by atoms with Gasteiger partial charge in [0.1, 0.15) is 5.76 Å². The second-order valence-corrected chi connectivity index (χ2v) is 6.11. The van der Waals surface area contributed by atoms with Crippen LogP contribution in [0.3, 0.4) is 0 Å². The van der Waals surface area contributed by atoms with Gasteiger partial charge in [-0.2, -0.15) is 18.6 Å². The van der Waals surface area contributed by atoms with Crippen LogP contribution in [0.15, 0.2) is 86.5 Å². The Morgan fingerprint density at radius 1 is 0.826 bits per heavy atom. The fraction of sp³-hybridized carbons (Fsp3) is 0. The maximum atomic E-state index is 10.9. The number of nitrogens with zero attached hydrogens (tertiary/aromatic N) is 2. The Labute approximate surface area is 132 Å². The molecule has 0 saturated heterocycles. The molecule has 0 fully saturated rings. The lowest BCUT2D eigenvalue weighted by molar-refractivity contribution is 0.483. The molecule has 0 radical (unpaired) electrons. The van der Waals surface area contributed by atoms with Crippen molar-refractivity contribution in [2.24, 2.45) is 10.2 Å². The van der Waals surface area contributed by atoms with Gasteiger partial charge in [-0.25, -0.2) is 0 Å². The monoisotopic (exact) mass is 328 g/mol. The van der Waals surface area contributed by atoms with Gasteiger partial charge in [-0.3, -0.25) is 4.55 Å². The molecule has 0 aliphatic carbocycles. The van der Waals surface area contributed by atoms with Crippen LogP contribution < -0.4 is 0 Å². The van der Waals surface area contributed by atoms with Crippen molar-refractivity contribution >= 4 is 21.5 Å². The van der Waals surface area contributed by atoms with Crippen molar-refractivity contribution < 1.29 is 17.4 Å². The number of hydrogen-bond donors (Lipinski definition) is 1. The first-order chi connectivity index (χ1) is 11.0. The van der Waals surface area contributed by atoms with E-state index in [0.29, 0.717) is 11.4 Å². The maximum Gasteiger partial charge on any atom is 0.294 e. The average molecular weight is 328 g/mol. The first kappa shape index (κ1) is 15.1. The van der Waals surface area contributed by atoms with Gasteiger partial charge >= 0.3 is 0 Å². The highest BCUT2D eigenvalue weighted by atomic mass is 32.2. The molecule has 1 heterocycles. The van der Waals surface area contributed by atoms with Gasteiger partial charge in [-0.15, -0.1) is 0 Å². The van der Waals surface area contributed by atoms with Crippen molar-refractivity contribution in [3.63, 3.8) is 0 Å². The van der Waals surface area contributed by atoms with Crippen molar-refractivity contribution in [1.82, 2.24) is 0 Å². The van der Waals surface area contributed by atoms with Crippen LogP contribution >= 0.6 is 0 Å². The molecule has 3 rings (SSSR count). The van der Waals surface area contributed by atoms with Crippen molar-refractivity contribution in [3.8, 4) is 11.3 Å². The van der Waals surface area contributed by atoms with Gasteiger partial charge in [0.2, 0.25) is 0 Å². The van der Waals surface area contributed by atoms with E-state index in [1.54, 1.807) is 18.4 Å². The summed E-state index contributed by atoms with van der Waals surface area (Å²) in [6.07, 6.45) is 1.61. The van der Waals surface area contributed by atoms with Crippen molar-refractivity contribution in [2.45, 2.75) is 4.90 Å². The summed E-state index contributed by atoms with van der Waals surface area (Å²) in [5.41, 5.74) is 2.07. The predicted molar refractivity (Wildman–Crippen MR) is 84.6 cm³/mol. The third-order valence-corrected chi connectivity index (χ3v) is 3.96. The van der Waals surface area contributed by atoms with Crippen LogP contribution in [-0.4, -0.2) is 13.0 Å². The van der Waals surface area contributed by atoms with Gasteiger partial charge in [0.25, 0.3) is 10.1 Å². The molecule has 0 atom stereocenters. The number of azo groups is 1. The summed E-state index contributed by atoms with van der Waals surface area (Å²) >= 11 is 0. The lowest BCUT2D eigenvalue weighted by atomic mass is 10.1. The molecule has 0 spiro atoms. The molecule has 116 valence electrons. The van der Waals surface area contributed by atoms with Gasteiger partial charge in [-0.05, 0) is 60.7 Å². The summed E-state index contributed by atoms with van der Waals surface area (Å²) in [6.45, 7) is 0. The van der Waals surface area contributed by atoms with Crippen LogP contribution in [0.25, 0.3) is 11.3 Å². The molecule has 6 nitrogen and oxygen atoms in total. The second kappa shape index (κ2) is 6.15. The molecule has 0 unspecified atom stereocenters. The highest BCUT2D eigenvalue weighted by Gasteiger charge is 2.08. The predicted octanol–water partition coefficient (Wildman–Crippen LogP) is 4.61. The smallest absolute Gasteiger partial charge is 0.294 e. The Morgan fingerprint density at radius 2 is 1.39 bits per heavy atom. The first-order valence-electron chi connectivity index (χ1n) is 6.66. The minimum atomic E-state index is -4.19. The van der Waals surface area contributed by atoms with E-state index in [9.17, 15) is 8.42 Å². The lowest BCUT2D eigenvalue weighted by Crippen LogP contribution is -1.96.